The first-order chi connectivity index (χ1) is 8.33. The number of nitrogens with zero attached hydrogens (tertiary/aromatic N) is 1. The Morgan fingerprint density at radius 2 is 2.17 bits per heavy atom. The number of hydrogen-bond acceptors (Lipinski definition) is 4. The molecule has 1 saturated carbocycles. The maximum Gasteiger partial charge on any atom is 0.326 e. The summed E-state index contributed by atoms with van der Waals surface area (Å²) in [6.07, 6.45) is 3.82. The van der Waals surface area contributed by atoms with Crippen LogP contribution in [0.5, 0.6) is 0 Å². The van der Waals surface area contributed by atoms with Crippen LogP contribution in [0.1, 0.15) is 46.5 Å². The molecule has 0 radical (unpaired) electrons. The van der Waals surface area contributed by atoms with Crippen LogP contribution in [0.3, 0.4) is 0 Å². The normalized spacial score (nSPS) is 28.7. The second-order valence-electron chi connectivity index (χ2n) is 6.00. The van der Waals surface area contributed by atoms with Crippen LogP contribution in [0.2, 0.25) is 0 Å². The first-order valence-corrected chi connectivity index (χ1v) is 6.83. The predicted molar refractivity (Wildman–Crippen MR) is 73.6 cm³/mol. The van der Waals surface area contributed by atoms with Crippen molar-refractivity contribution in [3.05, 3.63) is 0 Å². The lowest BCUT2D eigenvalue weighted by atomic mass is 9.94. The number of esters is 1. The summed E-state index contributed by atoms with van der Waals surface area (Å²) in [5.41, 5.74) is -0.317. The average molecular weight is 256 g/mol. The molecule has 0 spiro atoms. The first kappa shape index (κ1) is 15.4. The number of methoxy groups -OCH3 is 1. The summed E-state index contributed by atoms with van der Waals surface area (Å²) >= 11 is 0. The number of ether oxygens (including phenoxy) is 1. The maximum atomic E-state index is 12.0. The lowest BCUT2D eigenvalue weighted by Gasteiger charge is -2.40. The van der Waals surface area contributed by atoms with Gasteiger partial charge in [-0.25, -0.2) is 0 Å². The molecule has 0 aliphatic heterocycles. The van der Waals surface area contributed by atoms with Crippen LogP contribution >= 0.6 is 0 Å². The summed E-state index contributed by atoms with van der Waals surface area (Å²) in [6, 6.07) is 0.437. The van der Waals surface area contributed by atoms with Gasteiger partial charge in [0.25, 0.3) is 0 Å². The van der Waals surface area contributed by atoms with Gasteiger partial charge in [0.15, 0.2) is 0 Å². The summed E-state index contributed by atoms with van der Waals surface area (Å²) < 4.78 is 4.95. The van der Waals surface area contributed by atoms with Gasteiger partial charge in [-0.2, -0.15) is 0 Å². The fourth-order valence-electron chi connectivity index (χ4n) is 2.80. The van der Waals surface area contributed by atoms with Crippen LogP contribution in [0, 0.1) is 0 Å². The van der Waals surface area contributed by atoms with Crippen molar-refractivity contribution >= 4 is 5.97 Å². The highest BCUT2D eigenvalue weighted by Gasteiger charge is 2.47. The second kappa shape index (κ2) is 5.57. The minimum Gasteiger partial charge on any atom is -0.468 e. The smallest absolute Gasteiger partial charge is 0.326 e. The Labute approximate surface area is 111 Å². The lowest BCUT2D eigenvalue weighted by molar-refractivity contribution is -0.148. The van der Waals surface area contributed by atoms with Crippen molar-refractivity contribution in [3.63, 3.8) is 0 Å². The van der Waals surface area contributed by atoms with Crippen LogP contribution in [0.15, 0.2) is 0 Å². The highest BCUT2D eigenvalue weighted by molar-refractivity contribution is 5.81. The van der Waals surface area contributed by atoms with Crippen LogP contribution in [-0.2, 0) is 9.53 Å². The SMILES string of the molecule is CCC(C)(C)N(C)C1CCC(NC)(C(=O)OC)C1. The zero-order valence-corrected chi connectivity index (χ0v) is 12.7. The molecule has 1 aliphatic carbocycles. The van der Waals surface area contributed by atoms with E-state index >= 15 is 0 Å². The van der Waals surface area contributed by atoms with Crippen LogP contribution in [-0.4, -0.2) is 49.2 Å². The molecule has 0 aromatic rings. The van der Waals surface area contributed by atoms with Crippen LogP contribution in [0.25, 0.3) is 0 Å². The van der Waals surface area contributed by atoms with E-state index in [1.807, 2.05) is 7.05 Å². The minimum absolute atomic E-state index is 0.129. The molecule has 0 aromatic heterocycles. The highest BCUT2D eigenvalue weighted by Crippen LogP contribution is 2.36. The third-order valence-electron chi connectivity index (χ3n) is 4.91. The Balaban J connectivity index is 2.79. The molecule has 0 heterocycles. The highest BCUT2D eigenvalue weighted by atomic mass is 16.5. The molecule has 1 rings (SSSR count). The van der Waals surface area contributed by atoms with Crippen LogP contribution < -0.4 is 5.32 Å². The second-order valence-corrected chi connectivity index (χ2v) is 6.00. The number of hydrogen-bond donors (Lipinski definition) is 1. The van der Waals surface area contributed by atoms with Crippen molar-refractivity contribution in [2.24, 2.45) is 0 Å². The number of carbonyl (C=O) groups excluding carboxylic acids is 1. The fourth-order valence-corrected chi connectivity index (χ4v) is 2.80. The monoisotopic (exact) mass is 256 g/mol. The van der Waals surface area contributed by atoms with E-state index in [2.05, 4.69) is 38.0 Å². The molecule has 0 bridgehead atoms. The summed E-state index contributed by atoms with van der Waals surface area (Å²) in [4.78, 5) is 14.4. The van der Waals surface area contributed by atoms with E-state index in [-0.39, 0.29) is 11.5 Å². The quantitative estimate of drug-likeness (QED) is 0.762. The van der Waals surface area contributed by atoms with Gasteiger partial charge in [-0.05, 0) is 53.6 Å². The Kier molecular flexibility index (Phi) is 4.78. The van der Waals surface area contributed by atoms with Crippen molar-refractivity contribution in [2.75, 3.05) is 21.2 Å². The average Bonchev–Trinajstić information content (AvgIpc) is 2.82. The van der Waals surface area contributed by atoms with E-state index in [9.17, 15) is 4.79 Å². The first-order valence-electron chi connectivity index (χ1n) is 6.83. The molecule has 106 valence electrons. The molecule has 1 aliphatic rings. The van der Waals surface area contributed by atoms with Gasteiger partial charge >= 0.3 is 5.97 Å². The molecule has 2 unspecified atom stereocenters. The Morgan fingerprint density at radius 3 is 2.61 bits per heavy atom. The molecule has 4 nitrogen and oxygen atoms in total. The number of likely N-dealkylation sites (N-methyl/N-ethyl adjacent to an activating group) is 1. The van der Waals surface area contributed by atoms with E-state index in [4.69, 9.17) is 4.74 Å². The summed E-state index contributed by atoms with van der Waals surface area (Å²) in [5, 5.41) is 3.18. The molecule has 0 amide bonds. The Bertz CT molecular complexity index is 304. The van der Waals surface area contributed by atoms with Gasteiger partial charge in [0, 0.05) is 11.6 Å². The van der Waals surface area contributed by atoms with Gasteiger partial charge in [-0.1, -0.05) is 6.92 Å². The van der Waals surface area contributed by atoms with Crippen molar-refractivity contribution in [1.29, 1.82) is 0 Å². The Morgan fingerprint density at radius 1 is 1.56 bits per heavy atom. The van der Waals surface area contributed by atoms with Gasteiger partial charge in [0.2, 0.25) is 0 Å². The van der Waals surface area contributed by atoms with E-state index in [1.54, 1.807) is 0 Å². The van der Waals surface area contributed by atoms with Crippen molar-refractivity contribution in [2.45, 2.75) is 63.6 Å². The van der Waals surface area contributed by atoms with E-state index in [0.29, 0.717) is 6.04 Å². The molecular formula is C14H28N2O2. The van der Waals surface area contributed by atoms with Crippen molar-refractivity contribution in [3.8, 4) is 0 Å². The third kappa shape index (κ3) is 2.69. The minimum atomic E-state index is -0.489. The van der Waals surface area contributed by atoms with Gasteiger partial charge in [0.05, 0.1) is 7.11 Å². The van der Waals surface area contributed by atoms with E-state index in [1.165, 1.54) is 7.11 Å². The number of carbonyl (C=O) groups is 1. The molecule has 18 heavy (non-hydrogen) atoms. The molecule has 1 fully saturated rings. The van der Waals surface area contributed by atoms with Gasteiger partial charge < -0.3 is 10.1 Å². The zero-order chi connectivity index (χ0) is 14.0. The molecule has 0 saturated heterocycles. The van der Waals surface area contributed by atoms with Gasteiger partial charge in [0.1, 0.15) is 5.54 Å². The van der Waals surface area contributed by atoms with Gasteiger partial charge in [-0.15, -0.1) is 0 Å². The zero-order valence-electron chi connectivity index (χ0n) is 12.7. The summed E-state index contributed by atoms with van der Waals surface area (Å²) in [6.45, 7) is 6.71. The van der Waals surface area contributed by atoms with Crippen molar-refractivity contribution < 1.29 is 9.53 Å². The lowest BCUT2D eigenvalue weighted by Crippen LogP contribution is -2.52. The van der Waals surface area contributed by atoms with E-state index in [0.717, 1.165) is 25.7 Å². The van der Waals surface area contributed by atoms with Crippen molar-refractivity contribution in [1.82, 2.24) is 10.2 Å². The number of rotatable bonds is 5. The topological polar surface area (TPSA) is 41.6 Å². The summed E-state index contributed by atoms with van der Waals surface area (Å²) in [5.74, 6) is -0.129. The number of nitrogens with one attached hydrogen (secondary N) is 1. The fraction of sp³-hybridized carbons (Fsp3) is 0.929. The Hall–Kier alpha value is -0.610. The standard InChI is InChI=1S/C14H28N2O2/c1-7-13(2,3)16(5)11-8-9-14(10-11,15-4)12(17)18-6/h11,15H,7-10H2,1-6H3. The maximum absolute atomic E-state index is 12.0. The third-order valence-corrected chi connectivity index (χ3v) is 4.91. The largest absolute Gasteiger partial charge is 0.468 e. The van der Waals surface area contributed by atoms with Crippen LogP contribution in [0.4, 0.5) is 0 Å². The molecule has 2 atom stereocenters. The predicted octanol–water partition coefficient (Wildman–Crippen LogP) is 1.79. The van der Waals surface area contributed by atoms with Gasteiger partial charge in [-0.3, -0.25) is 9.69 Å². The van der Waals surface area contributed by atoms with E-state index < -0.39 is 5.54 Å². The molecule has 4 heteroatoms. The molecular weight excluding hydrogens is 228 g/mol. The summed E-state index contributed by atoms with van der Waals surface area (Å²) in [7, 11) is 5.48. The molecule has 1 N–H and O–H groups in total. The molecule has 0 aromatic carbocycles.